The van der Waals surface area contributed by atoms with Crippen LogP contribution in [0.15, 0.2) is 47.2 Å². The summed E-state index contributed by atoms with van der Waals surface area (Å²) >= 11 is 3.13. The SMILES string of the molecule is O=C(O)[C@@H]1CN(C(=O)Cc2csc(-c3cccs3)n2)c2ccccc21. The summed E-state index contributed by atoms with van der Waals surface area (Å²) in [5.41, 5.74) is 2.10. The van der Waals surface area contributed by atoms with Crippen LogP contribution in [-0.4, -0.2) is 28.5 Å². The van der Waals surface area contributed by atoms with Gasteiger partial charge in [-0.1, -0.05) is 24.3 Å². The Morgan fingerprint density at radius 1 is 1.20 bits per heavy atom. The lowest BCUT2D eigenvalue weighted by Gasteiger charge is -2.16. The first-order valence-corrected chi connectivity index (χ1v) is 9.50. The number of amides is 1. The number of aliphatic carboxylic acids is 1. The number of hydrogen-bond acceptors (Lipinski definition) is 5. The van der Waals surface area contributed by atoms with E-state index in [1.54, 1.807) is 34.4 Å². The van der Waals surface area contributed by atoms with Gasteiger partial charge in [0.05, 0.1) is 17.0 Å². The summed E-state index contributed by atoms with van der Waals surface area (Å²) in [7, 11) is 0. The first kappa shape index (κ1) is 16.0. The molecule has 4 rings (SSSR count). The predicted molar refractivity (Wildman–Crippen MR) is 98.3 cm³/mol. The van der Waals surface area contributed by atoms with Gasteiger partial charge in [-0.2, -0.15) is 0 Å². The molecule has 0 radical (unpaired) electrons. The van der Waals surface area contributed by atoms with Crippen molar-refractivity contribution in [1.82, 2.24) is 4.98 Å². The summed E-state index contributed by atoms with van der Waals surface area (Å²) in [5, 5.41) is 14.2. The van der Waals surface area contributed by atoms with Gasteiger partial charge in [0.15, 0.2) is 0 Å². The summed E-state index contributed by atoms with van der Waals surface area (Å²) in [5.74, 6) is -1.70. The minimum Gasteiger partial charge on any atom is -0.481 e. The molecule has 5 nitrogen and oxygen atoms in total. The molecule has 1 atom stereocenters. The lowest BCUT2D eigenvalue weighted by Crippen LogP contribution is -2.32. The number of carbonyl (C=O) groups is 2. The fourth-order valence-electron chi connectivity index (χ4n) is 3.01. The zero-order valence-electron chi connectivity index (χ0n) is 13.1. The van der Waals surface area contributed by atoms with Crippen LogP contribution in [-0.2, 0) is 16.0 Å². The number of para-hydroxylation sites is 1. The van der Waals surface area contributed by atoms with E-state index in [4.69, 9.17) is 0 Å². The lowest BCUT2D eigenvalue weighted by molar-refractivity contribution is -0.138. The summed E-state index contributed by atoms with van der Waals surface area (Å²) < 4.78 is 0. The molecule has 0 bridgehead atoms. The fourth-order valence-corrected chi connectivity index (χ4v) is 4.64. The number of thiophene rings is 1. The first-order valence-electron chi connectivity index (χ1n) is 7.74. The van der Waals surface area contributed by atoms with Crippen molar-refractivity contribution in [3.8, 4) is 9.88 Å². The van der Waals surface area contributed by atoms with E-state index in [0.717, 1.165) is 15.6 Å². The molecule has 0 fully saturated rings. The van der Waals surface area contributed by atoms with E-state index in [0.29, 0.717) is 11.3 Å². The monoisotopic (exact) mass is 370 g/mol. The molecule has 1 N–H and O–H groups in total. The van der Waals surface area contributed by atoms with Crippen molar-refractivity contribution >= 4 is 40.2 Å². The zero-order valence-corrected chi connectivity index (χ0v) is 14.7. The molecule has 2 aromatic heterocycles. The maximum Gasteiger partial charge on any atom is 0.312 e. The number of hydrogen-bond donors (Lipinski definition) is 1. The minimum absolute atomic E-state index is 0.126. The highest BCUT2D eigenvalue weighted by atomic mass is 32.1. The molecule has 0 spiro atoms. The molecule has 1 amide bonds. The molecule has 126 valence electrons. The summed E-state index contributed by atoms with van der Waals surface area (Å²) in [6, 6.07) is 11.2. The average molecular weight is 370 g/mol. The summed E-state index contributed by atoms with van der Waals surface area (Å²) in [6.07, 6.45) is 0.169. The molecule has 0 saturated heterocycles. The standard InChI is InChI=1S/C18H14N2O3S2/c21-16(8-11-10-25-17(19-11)15-6-3-7-24-15)20-9-13(18(22)23)12-4-1-2-5-14(12)20/h1-7,10,13H,8-9H2,(H,22,23)/t13-/m1/s1. The molecule has 0 saturated carbocycles. The van der Waals surface area contributed by atoms with E-state index < -0.39 is 11.9 Å². The number of carboxylic acids is 1. The highest BCUT2D eigenvalue weighted by Crippen LogP contribution is 2.36. The van der Waals surface area contributed by atoms with Gasteiger partial charge in [0.2, 0.25) is 5.91 Å². The van der Waals surface area contributed by atoms with E-state index in [2.05, 4.69) is 4.98 Å². The summed E-state index contributed by atoms with van der Waals surface area (Å²) in [6.45, 7) is 0.176. The van der Waals surface area contributed by atoms with Crippen molar-refractivity contribution in [2.24, 2.45) is 0 Å². The number of anilines is 1. The second-order valence-electron chi connectivity index (χ2n) is 5.75. The largest absolute Gasteiger partial charge is 0.481 e. The normalized spacial score (nSPS) is 16.0. The fraction of sp³-hybridized carbons (Fsp3) is 0.167. The van der Waals surface area contributed by atoms with E-state index >= 15 is 0 Å². The molecule has 3 aromatic rings. The summed E-state index contributed by atoms with van der Waals surface area (Å²) in [4.78, 5) is 31.4. The molecule has 1 aliphatic rings. The third-order valence-electron chi connectivity index (χ3n) is 4.18. The Morgan fingerprint density at radius 2 is 2.04 bits per heavy atom. The van der Waals surface area contributed by atoms with Gasteiger partial charge in [-0.25, -0.2) is 4.98 Å². The lowest BCUT2D eigenvalue weighted by atomic mass is 10.0. The van der Waals surface area contributed by atoms with Gasteiger partial charge in [0.25, 0.3) is 0 Å². The number of benzene rings is 1. The van der Waals surface area contributed by atoms with Gasteiger partial charge in [0.1, 0.15) is 10.9 Å². The second-order valence-corrected chi connectivity index (χ2v) is 7.56. The van der Waals surface area contributed by atoms with E-state index in [-0.39, 0.29) is 18.9 Å². The number of rotatable bonds is 4. The number of nitrogens with zero attached hydrogens (tertiary/aromatic N) is 2. The van der Waals surface area contributed by atoms with Crippen LogP contribution in [0.25, 0.3) is 9.88 Å². The third-order valence-corrected chi connectivity index (χ3v) is 6.11. The van der Waals surface area contributed by atoms with E-state index in [9.17, 15) is 14.7 Å². The van der Waals surface area contributed by atoms with Crippen molar-refractivity contribution in [2.45, 2.75) is 12.3 Å². The van der Waals surface area contributed by atoms with Crippen molar-refractivity contribution in [3.63, 3.8) is 0 Å². The predicted octanol–water partition coefficient (Wildman–Crippen LogP) is 3.63. The Morgan fingerprint density at radius 3 is 2.80 bits per heavy atom. The third kappa shape index (κ3) is 2.96. The highest BCUT2D eigenvalue weighted by molar-refractivity contribution is 7.20. The Bertz CT molecular complexity index is 933. The quantitative estimate of drug-likeness (QED) is 0.761. The highest BCUT2D eigenvalue weighted by Gasteiger charge is 2.36. The van der Waals surface area contributed by atoms with Crippen LogP contribution in [0.5, 0.6) is 0 Å². The van der Waals surface area contributed by atoms with Gasteiger partial charge in [-0.05, 0) is 23.1 Å². The Hall–Kier alpha value is -2.51. The van der Waals surface area contributed by atoms with Crippen molar-refractivity contribution in [1.29, 1.82) is 0 Å². The Kier molecular flexibility index (Phi) is 4.10. The van der Waals surface area contributed by atoms with Crippen LogP contribution in [0.4, 0.5) is 5.69 Å². The van der Waals surface area contributed by atoms with Crippen LogP contribution in [0, 0.1) is 0 Å². The number of aromatic nitrogens is 1. The number of thiazole rings is 1. The Balaban J connectivity index is 1.55. The second kappa shape index (κ2) is 6.42. The molecular formula is C18H14N2O3S2. The van der Waals surface area contributed by atoms with E-state index in [1.807, 2.05) is 29.0 Å². The van der Waals surface area contributed by atoms with Crippen LogP contribution in [0.1, 0.15) is 17.2 Å². The Labute approximate surface area is 152 Å². The van der Waals surface area contributed by atoms with Gasteiger partial charge < -0.3 is 10.0 Å². The maximum absolute atomic E-state index is 12.7. The number of carboxylic acid groups (broad SMARTS) is 1. The number of fused-ring (bicyclic) bond motifs is 1. The molecule has 0 aliphatic carbocycles. The van der Waals surface area contributed by atoms with E-state index in [1.165, 1.54) is 11.3 Å². The molecule has 1 aliphatic heterocycles. The van der Waals surface area contributed by atoms with Gasteiger partial charge in [-0.15, -0.1) is 22.7 Å². The smallest absolute Gasteiger partial charge is 0.312 e. The topological polar surface area (TPSA) is 70.5 Å². The van der Waals surface area contributed by atoms with Crippen molar-refractivity contribution < 1.29 is 14.7 Å². The molecule has 3 heterocycles. The van der Waals surface area contributed by atoms with Crippen LogP contribution in [0.3, 0.4) is 0 Å². The van der Waals surface area contributed by atoms with Gasteiger partial charge >= 0.3 is 5.97 Å². The van der Waals surface area contributed by atoms with Crippen molar-refractivity contribution in [2.75, 3.05) is 11.4 Å². The zero-order chi connectivity index (χ0) is 17.4. The van der Waals surface area contributed by atoms with Crippen LogP contribution < -0.4 is 4.90 Å². The average Bonchev–Trinajstić information content (AvgIpc) is 3.33. The first-order chi connectivity index (χ1) is 12.1. The van der Waals surface area contributed by atoms with Crippen molar-refractivity contribution in [3.05, 3.63) is 58.4 Å². The van der Waals surface area contributed by atoms with Gasteiger partial charge in [-0.3, -0.25) is 9.59 Å². The maximum atomic E-state index is 12.7. The molecule has 0 unspecified atom stereocenters. The van der Waals surface area contributed by atoms with Gasteiger partial charge in [0, 0.05) is 17.6 Å². The minimum atomic E-state index is -0.906. The van der Waals surface area contributed by atoms with Crippen LogP contribution in [0.2, 0.25) is 0 Å². The molecule has 7 heteroatoms. The molecule has 25 heavy (non-hydrogen) atoms. The van der Waals surface area contributed by atoms with Crippen LogP contribution >= 0.6 is 22.7 Å². The number of carbonyl (C=O) groups excluding carboxylic acids is 1. The molecular weight excluding hydrogens is 356 g/mol. The molecule has 1 aromatic carbocycles.